The number of carbonyl (C=O) groups excluding carboxylic acids is 2. The highest BCUT2D eigenvalue weighted by molar-refractivity contribution is 5.94. The Bertz CT molecular complexity index is 801. The van der Waals surface area contributed by atoms with E-state index in [-0.39, 0.29) is 23.8 Å². The van der Waals surface area contributed by atoms with Crippen molar-refractivity contribution in [2.24, 2.45) is 17.8 Å². The topological polar surface area (TPSA) is 77.1 Å². The molecular weight excluding hydrogens is 384 g/mol. The fourth-order valence-corrected chi connectivity index (χ4v) is 5.73. The van der Waals surface area contributed by atoms with Crippen LogP contribution in [0.4, 0.5) is 0 Å². The number of carbonyl (C=O) groups is 2. The van der Waals surface area contributed by atoms with Crippen LogP contribution in [0.5, 0.6) is 17.2 Å². The predicted molar refractivity (Wildman–Crippen MR) is 112 cm³/mol. The molecule has 3 aliphatic rings. The van der Waals surface area contributed by atoms with Crippen LogP contribution in [0.2, 0.25) is 0 Å². The minimum atomic E-state index is -0.691. The molecule has 5 atom stereocenters. The number of nitrogens with zero attached hydrogens (tertiary/aromatic N) is 1. The summed E-state index contributed by atoms with van der Waals surface area (Å²) in [7, 11) is 4.66. The zero-order valence-electron chi connectivity index (χ0n) is 18.3. The molecule has 0 spiro atoms. The summed E-state index contributed by atoms with van der Waals surface area (Å²) in [6.45, 7) is 2.68. The number of hydrogen-bond acceptors (Lipinski definition) is 5. The third-order valence-electron chi connectivity index (χ3n) is 7.09. The summed E-state index contributed by atoms with van der Waals surface area (Å²) in [4.78, 5) is 28.3. The van der Waals surface area contributed by atoms with Crippen LogP contribution in [0.1, 0.15) is 50.6 Å². The van der Waals surface area contributed by atoms with E-state index >= 15 is 0 Å². The summed E-state index contributed by atoms with van der Waals surface area (Å²) in [5.74, 6) is 2.49. The third-order valence-corrected chi connectivity index (χ3v) is 7.09. The molecule has 1 saturated heterocycles. The van der Waals surface area contributed by atoms with Gasteiger partial charge in [-0.2, -0.15) is 0 Å². The lowest BCUT2D eigenvalue weighted by Gasteiger charge is -2.52. The van der Waals surface area contributed by atoms with Crippen LogP contribution in [0.15, 0.2) is 12.1 Å². The molecule has 1 N–H and O–H groups in total. The van der Waals surface area contributed by atoms with Crippen LogP contribution >= 0.6 is 0 Å². The third kappa shape index (κ3) is 3.19. The average molecular weight is 417 g/mol. The van der Waals surface area contributed by atoms with Gasteiger partial charge in [-0.1, -0.05) is 13.3 Å². The number of ether oxygens (including phenoxy) is 3. The number of rotatable bonds is 9. The molecule has 1 heterocycles. The molecule has 2 aliphatic carbocycles. The van der Waals surface area contributed by atoms with Crippen molar-refractivity contribution in [2.75, 3.05) is 27.9 Å². The van der Waals surface area contributed by atoms with Crippen LogP contribution in [0.25, 0.3) is 0 Å². The minimum Gasteiger partial charge on any atom is -0.493 e. The molecule has 4 rings (SSSR count). The second kappa shape index (κ2) is 8.36. The first-order valence-corrected chi connectivity index (χ1v) is 10.9. The highest BCUT2D eigenvalue weighted by Gasteiger charge is 2.64. The molecule has 1 aromatic rings. The largest absolute Gasteiger partial charge is 0.493 e. The highest BCUT2D eigenvalue weighted by Crippen LogP contribution is 2.58. The van der Waals surface area contributed by atoms with Crippen molar-refractivity contribution in [1.29, 1.82) is 0 Å². The van der Waals surface area contributed by atoms with Crippen molar-refractivity contribution in [3.05, 3.63) is 17.7 Å². The van der Waals surface area contributed by atoms with Gasteiger partial charge in [-0.25, -0.2) is 0 Å². The molecule has 164 valence electrons. The number of amides is 2. The Labute approximate surface area is 178 Å². The van der Waals surface area contributed by atoms with E-state index in [9.17, 15) is 9.59 Å². The van der Waals surface area contributed by atoms with Gasteiger partial charge in [-0.15, -0.1) is 0 Å². The second-order valence-electron chi connectivity index (χ2n) is 8.60. The van der Waals surface area contributed by atoms with Crippen molar-refractivity contribution in [3.63, 3.8) is 0 Å². The smallest absolute Gasteiger partial charge is 0.247 e. The van der Waals surface area contributed by atoms with Crippen molar-refractivity contribution < 1.29 is 23.8 Å². The van der Waals surface area contributed by atoms with E-state index in [4.69, 9.17) is 14.2 Å². The van der Waals surface area contributed by atoms with Gasteiger partial charge in [-0.05, 0) is 55.2 Å². The van der Waals surface area contributed by atoms with Crippen molar-refractivity contribution in [1.82, 2.24) is 10.2 Å². The van der Waals surface area contributed by atoms with E-state index < -0.39 is 6.04 Å². The number of unbranched alkanes of at least 4 members (excludes halogenated alkanes) is 1. The lowest BCUT2D eigenvalue weighted by Crippen LogP contribution is -2.65. The van der Waals surface area contributed by atoms with E-state index in [2.05, 4.69) is 12.2 Å². The van der Waals surface area contributed by atoms with E-state index in [1.54, 1.807) is 33.5 Å². The SMILES string of the molecule is CCCCNC(=O)C(c1cc(OC)c(OC)c(OC)c1)N1C(=O)[C@@H]2[C@H]3CC[C@H](C3)[C@@H]21. The van der Waals surface area contributed by atoms with E-state index in [1.807, 2.05) is 4.90 Å². The van der Waals surface area contributed by atoms with E-state index in [0.717, 1.165) is 32.1 Å². The van der Waals surface area contributed by atoms with Gasteiger partial charge in [-0.3, -0.25) is 9.59 Å². The Morgan fingerprint density at radius 1 is 1.13 bits per heavy atom. The van der Waals surface area contributed by atoms with Crippen LogP contribution in [0, 0.1) is 17.8 Å². The first-order chi connectivity index (χ1) is 14.5. The number of hydrogen-bond donors (Lipinski definition) is 1. The molecule has 2 bridgehead atoms. The number of β-lactam (4-membered cyclic amide) rings is 1. The van der Waals surface area contributed by atoms with Gasteiger partial charge in [0.25, 0.3) is 0 Å². The molecule has 2 amide bonds. The molecule has 1 aliphatic heterocycles. The van der Waals surface area contributed by atoms with Crippen LogP contribution < -0.4 is 19.5 Å². The second-order valence-corrected chi connectivity index (χ2v) is 8.60. The summed E-state index contributed by atoms with van der Waals surface area (Å²) < 4.78 is 16.4. The molecule has 7 nitrogen and oxygen atoms in total. The standard InChI is InChI=1S/C23H32N2O5/c1-5-6-9-24-22(26)20(15-11-16(28-2)21(30-4)17(12-15)29-3)25-19-14-8-7-13(10-14)18(19)23(25)27/h11-14,18-20H,5-10H2,1-4H3,(H,24,26)/t13-,14+,18+,19-,20?/m0/s1. The summed E-state index contributed by atoms with van der Waals surface area (Å²) in [5, 5.41) is 3.03. The maximum absolute atomic E-state index is 13.3. The van der Waals surface area contributed by atoms with Gasteiger partial charge in [0.1, 0.15) is 6.04 Å². The van der Waals surface area contributed by atoms with Gasteiger partial charge in [0.05, 0.1) is 27.2 Å². The zero-order valence-corrected chi connectivity index (χ0v) is 18.3. The fourth-order valence-electron chi connectivity index (χ4n) is 5.73. The van der Waals surface area contributed by atoms with Crippen LogP contribution in [0.3, 0.4) is 0 Å². The number of nitrogens with one attached hydrogen (secondary N) is 1. The Hall–Kier alpha value is -2.44. The molecule has 2 saturated carbocycles. The highest BCUT2D eigenvalue weighted by atomic mass is 16.5. The Balaban J connectivity index is 1.71. The Morgan fingerprint density at radius 3 is 2.40 bits per heavy atom. The minimum absolute atomic E-state index is 0.0942. The van der Waals surface area contributed by atoms with Crippen molar-refractivity contribution >= 4 is 11.8 Å². The first kappa shape index (κ1) is 20.8. The summed E-state index contributed by atoms with van der Waals surface area (Å²) in [6, 6.07) is 3.05. The van der Waals surface area contributed by atoms with Crippen molar-refractivity contribution in [3.8, 4) is 17.2 Å². The molecule has 0 aromatic heterocycles. The molecule has 7 heteroatoms. The van der Waals surface area contributed by atoms with E-state index in [0.29, 0.717) is 41.2 Å². The predicted octanol–water partition coefficient (Wildman–Crippen LogP) is 2.93. The maximum Gasteiger partial charge on any atom is 0.247 e. The zero-order chi connectivity index (χ0) is 21.4. The Morgan fingerprint density at radius 2 is 1.80 bits per heavy atom. The van der Waals surface area contributed by atoms with Gasteiger partial charge in [0.15, 0.2) is 11.5 Å². The summed E-state index contributed by atoms with van der Waals surface area (Å²) in [6.07, 6.45) is 5.29. The Kier molecular flexibility index (Phi) is 5.80. The van der Waals surface area contributed by atoms with Gasteiger partial charge in [0.2, 0.25) is 17.6 Å². The summed E-state index contributed by atoms with van der Waals surface area (Å²) in [5.41, 5.74) is 0.688. The first-order valence-electron chi connectivity index (χ1n) is 10.9. The van der Waals surface area contributed by atoms with Gasteiger partial charge < -0.3 is 24.4 Å². The monoisotopic (exact) mass is 416 g/mol. The fraction of sp³-hybridized carbons (Fsp3) is 0.652. The average Bonchev–Trinajstić information content (AvgIpc) is 3.35. The number of benzene rings is 1. The molecule has 1 aromatic carbocycles. The van der Waals surface area contributed by atoms with Gasteiger partial charge in [0, 0.05) is 12.6 Å². The van der Waals surface area contributed by atoms with E-state index in [1.165, 1.54) is 0 Å². The lowest BCUT2D eigenvalue weighted by atomic mass is 9.74. The van der Waals surface area contributed by atoms with Crippen molar-refractivity contribution in [2.45, 2.75) is 51.1 Å². The van der Waals surface area contributed by atoms with Crippen LogP contribution in [-0.2, 0) is 9.59 Å². The molecule has 0 radical (unpaired) electrons. The molecular formula is C23H32N2O5. The molecule has 1 unspecified atom stereocenters. The maximum atomic E-state index is 13.3. The van der Waals surface area contributed by atoms with Gasteiger partial charge >= 0.3 is 0 Å². The summed E-state index contributed by atoms with van der Waals surface area (Å²) >= 11 is 0. The lowest BCUT2D eigenvalue weighted by molar-refractivity contribution is -0.169. The van der Waals surface area contributed by atoms with Crippen LogP contribution in [-0.4, -0.2) is 50.6 Å². The normalized spacial score (nSPS) is 27.3. The molecule has 30 heavy (non-hydrogen) atoms. The number of likely N-dealkylation sites (tertiary alicyclic amines) is 1. The number of fused-ring (bicyclic) bond motifs is 5. The quantitative estimate of drug-likeness (QED) is 0.495. The number of methoxy groups -OCH3 is 3. The molecule has 3 fully saturated rings.